The number of hydrogen-bond acceptors (Lipinski definition) is 4. The van der Waals surface area contributed by atoms with Gasteiger partial charge in [0.15, 0.2) is 5.90 Å². The van der Waals surface area contributed by atoms with E-state index in [9.17, 15) is 0 Å². The van der Waals surface area contributed by atoms with Gasteiger partial charge in [-0.1, -0.05) is 0 Å². The lowest BCUT2D eigenvalue weighted by molar-refractivity contribution is 0.324. The second-order valence-corrected chi connectivity index (χ2v) is 1.24. The lowest BCUT2D eigenvalue weighted by atomic mass is 10.7. The van der Waals surface area contributed by atoms with Crippen molar-refractivity contribution < 1.29 is 9.84 Å². The molecule has 0 aromatic heterocycles. The fourth-order valence-corrected chi connectivity index (χ4v) is 0.217. The molecule has 4 heteroatoms. The van der Waals surface area contributed by atoms with Crippen molar-refractivity contribution in [2.24, 2.45) is 0 Å². The van der Waals surface area contributed by atoms with E-state index in [4.69, 9.17) is 15.9 Å². The summed E-state index contributed by atoms with van der Waals surface area (Å²) in [7, 11) is 0. The van der Waals surface area contributed by atoms with Gasteiger partial charge in [0.2, 0.25) is 5.90 Å². The van der Waals surface area contributed by atoms with E-state index in [1.807, 2.05) is 0 Å². The van der Waals surface area contributed by atoms with E-state index < -0.39 is 6.61 Å². The van der Waals surface area contributed by atoms with Crippen molar-refractivity contribution in [3.8, 4) is 0 Å². The largest absolute Gasteiger partial charge is 0.428 e. The van der Waals surface area contributed by atoms with Crippen molar-refractivity contribution >= 4 is 11.8 Å². The SMILES string of the molecule is CC(=N)OC(=N)CO. The molecule has 3 N–H and O–H groups in total. The zero-order valence-corrected chi connectivity index (χ0v) is 4.56. The van der Waals surface area contributed by atoms with Crippen molar-refractivity contribution in [1.82, 2.24) is 0 Å². The Balaban J connectivity index is 3.40. The summed E-state index contributed by atoms with van der Waals surface area (Å²) < 4.78 is 4.32. The van der Waals surface area contributed by atoms with Crippen molar-refractivity contribution in [2.75, 3.05) is 6.61 Å². The van der Waals surface area contributed by atoms with Crippen LogP contribution in [0.3, 0.4) is 0 Å². The first-order valence-corrected chi connectivity index (χ1v) is 2.08. The van der Waals surface area contributed by atoms with Crippen LogP contribution < -0.4 is 0 Å². The molecule has 4 nitrogen and oxygen atoms in total. The lowest BCUT2D eigenvalue weighted by Gasteiger charge is -1.98. The molecule has 0 aliphatic carbocycles. The molecular formula is C4H8N2O2. The van der Waals surface area contributed by atoms with Crippen molar-refractivity contribution in [1.29, 1.82) is 10.8 Å². The summed E-state index contributed by atoms with van der Waals surface area (Å²) in [6, 6.07) is 0. The van der Waals surface area contributed by atoms with E-state index in [1.165, 1.54) is 6.92 Å². The van der Waals surface area contributed by atoms with E-state index in [1.54, 1.807) is 0 Å². The number of ether oxygens (including phenoxy) is 1. The summed E-state index contributed by atoms with van der Waals surface area (Å²) >= 11 is 0. The standard InChI is InChI=1S/C4H8N2O2/c1-3(5)8-4(6)2-7/h5-7H,2H2,1H3. The first-order chi connectivity index (χ1) is 3.66. The molecular weight excluding hydrogens is 108 g/mol. The number of aliphatic hydroxyl groups is 1. The minimum Gasteiger partial charge on any atom is -0.428 e. The molecule has 0 unspecified atom stereocenters. The molecule has 0 saturated heterocycles. The van der Waals surface area contributed by atoms with Gasteiger partial charge >= 0.3 is 0 Å². The first-order valence-electron chi connectivity index (χ1n) is 2.08. The third-order valence-corrected chi connectivity index (χ3v) is 0.420. The Hall–Kier alpha value is -0.900. The van der Waals surface area contributed by atoms with Crippen LogP contribution in [0.25, 0.3) is 0 Å². The van der Waals surface area contributed by atoms with Gasteiger partial charge in [0.1, 0.15) is 6.61 Å². The Kier molecular flexibility index (Phi) is 2.79. The second kappa shape index (κ2) is 3.15. The van der Waals surface area contributed by atoms with Crippen molar-refractivity contribution in [3.05, 3.63) is 0 Å². The summed E-state index contributed by atoms with van der Waals surface area (Å²) in [4.78, 5) is 0. The molecule has 0 rings (SSSR count). The van der Waals surface area contributed by atoms with Crippen molar-refractivity contribution in [2.45, 2.75) is 6.92 Å². The highest BCUT2D eigenvalue weighted by molar-refractivity contribution is 5.87. The van der Waals surface area contributed by atoms with Gasteiger partial charge in [-0.3, -0.25) is 10.8 Å². The molecule has 0 amide bonds. The zero-order chi connectivity index (χ0) is 6.57. The van der Waals surface area contributed by atoms with Gasteiger partial charge in [-0.25, -0.2) is 0 Å². The van der Waals surface area contributed by atoms with Gasteiger partial charge in [-0.2, -0.15) is 0 Å². The molecule has 0 heterocycles. The van der Waals surface area contributed by atoms with Gasteiger partial charge in [0.05, 0.1) is 0 Å². The van der Waals surface area contributed by atoms with Crippen LogP contribution in [-0.4, -0.2) is 23.5 Å². The van der Waals surface area contributed by atoms with Gasteiger partial charge in [0, 0.05) is 6.92 Å². The molecule has 0 atom stereocenters. The predicted molar refractivity (Wildman–Crippen MR) is 29.3 cm³/mol. The van der Waals surface area contributed by atoms with Gasteiger partial charge in [0.25, 0.3) is 0 Å². The zero-order valence-electron chi connectivity index (χ0n) is 4.56. The maximum Gasteiger partial charge on any atom is 0.214 e. The molecule has 46 valence electrons. The molecule has 0 bridgehead atoms. The lowest BCUT2D eigenvalue weighted by Crippen LogP contribution is -2.10. The fourth-order valence-electron chi connectivity index (χ4n) is 0.217. The van der Waals surface area contributed by atoms with E-state index in [2.05, 4.69) is 4.74 Å². The molecule has 0 saturated carbocycles. The monoisotopic (exact) mass is 116 g/mol. The van der Waals surface area contributed by atoms with Crippen LogP contribution in [0.5, 0.6) is 0 Å². The molecule has 0 fully saturated rings. The Labute approximate surface area is 47.1 Å². The minimum atomic E-state index is -0.448. The van der Waals surface area contributed by atoms with Crippen LogP contribution in [0.1, 0.15) is 6.92 Å². The van der Waals surface area contributed by atoms with E-state index in [0.717, 1.165) is 0 Å². The van der Waals surface area contributed by atoms with Crippen LogP contribution in [0.4, 0.5) is 0 Å². The highest BCUT2D eigenvalue weighted by atomic mass is 16.5. The fraction of sp³-hybridized carbons (Fsp3) is 0.500. The first kappa shape index (κ1) is 7.10. The quantitative estimate of drug-likeness (QED) is 0.332. The third kappa shape index (κ3) is 3.30. The molecule has 0 aromatic carbocycles. The third-order valence-electron chi connectivity index (χ3n) is 0.420. The molecule has 0 aromatic rings. The summed E-state index contributed by atoms with van der Waals surface area (Å²) in [6.45, 7) is 0.945. The van der Waals surface area contributed by atoms with Gasteiger partial charge in [-0.15, -0.1) is 0 Å². The Morgan fingerprint density at radius 3 is 2.25 bits per heavy atom. The summed E-state index contributed by atoms with van der Waals surface area (Å²) in [5, 5.41) is 21.4. The minimum absolute atomic E-state index is 0.0796. The molecule has 0 radical (unpaired) electrons. The van der Waals surface area contributed by atoms with E-state index in [0.29, 0.717) is 0 Å². The van der Waals surface area contributed by atoms with Crippen LogP contribution in [0.2, 0.25) is 0 Å². The van der Waals surface area contributed by atoms with E-state index >= 15 is 0 Å². The second-order valence-electron chi connectivity index (χ2n) is 1.24. The average molecular weight is 116 g/mol. The summed E-state index contributed by atoms with van der Waals surface area (Å²) in [6.07, 6.45) is 0. The number of rotatable bonds is 1. The van der Waals surface area contributed by atoms with Crippen LogP contribution in [0.15, 0.2) is 0 Å². The molecule has 0 aliphatic heterocycles. The predicted octanol–water partition coefficient (Wildman–Crippen LogP) is -0.0303. The highest BCUT2D eigenvalue weighted by Gasteiger charge is 1.93. The Morgan fingerprint density at radius 2 is 2.12 bits per heavy atom. The van der Waals surface area contributed by atoms with Crippen molar-refractivity contribution in [3.63, 3.8) is 0 Å². The van der Waals surface area contributed by atoms with Crippen LogP contribution in [0, 0.1) is 10.8 Å². The Morgan fingerprint density at radius 1 is 1.62 bits per heavy atom. The summed E-state index contributed by atoms with van der Waals surface area (Å²) in [5.41, 5.74) is 0. The number of nitrogens with one attached hydrogen (secondary N) is 2. The molecule has 8 heavy (non-hydrogen) atoms. The smallest absolute Gasteiger partial charge is 0.214 e. The normalized spacial score (nSPS) is 8.25. The van der Waals surface area contributed by atoms with E-state index in [-0.39, 0.29) is 11.8 Å². The molecule has 0 spiro atoms. The summed E-state index contributed by atoms with van der Waals surface area (Å²) in [5.74, 6) is -0.374. The topological polar surface area (TPSA) is 77.2 Å². The van der Waals surface area contributed by atoms with Gasteiger partial charge < -0.3 is 9.84 Å². The maximum absolute atomic E-state index is 8.14. The van der Waals surface area contributed by atoms with Crippen LogP contribution >= 0.6 is 0 Å². The number of aliphatic hydroxyl groups excluding tert-OH is 1. The Bertz CT molecular complexity index is 111. The maximum atomic E-state index is 8.14. The number of hydrogen-bond donors (Lipinski definition) is 3. The average Bonchev–Trinajstić information content (AvgIpc) is 1.65. The molecule has 0 aliphatic rings. The van der Waals surface area contributed by atoms with Crippen LogP contribution in [-0.2, 0) is 4.74 Å². The van der Waals surface area contributed by atoms with Gasteiger partial charge in [-0.05, 0) is 0 Å². The highest BCUT2D eigenvalue weighted by Crippen LogP contribution is 1.77.